The maximum Gasteiger partial charge on any atom is 0.261 e. The average Bonchev–Trinajstić information content (AvgIpc) is 2.74. The summed E-state index contributed by atoms with van der Waals surface area (Å²) in [7, 11) is 0. The molecular formula is C15H14Cl3NO3. The van der Waals surface area contributed by atoms with Gasteiger partial charge in [0, 0.05) is 11.6 Å². The Morgan fingerprint density at radius 1 is 1.23 bits per heavy atom. The van der Waals surface area contributed by atoms with E-state index in [9.17, 15) is 9.59 Å². The summed E-state index contributed by atoms with van der Waals surface area (Å²) in [5, 5.41) is 0.500. The predicted molar refractivity (Wildman–Crippen MR) is 88.2 cm³/mol. The molecule has 0 atom stereocenters. The van der Waals surface area contributed by atoms with Crippen LogP contribution in [-0.4, -0.2) is 24.3 Å². The molecule has 1 aliphatic heterocycles. The summed E-state index contributed by atoms with van der Waals surface area (Å²) in [5.41, 5.74) is 1.56. The number of hydrogen-bond donors (Lipinski definition) is 0. The molecule has 22 heavy (non-hydrogen) atoms. The van der Waals surface area contributed by atoms with E-state index in [1.165, 1.54) is 12.1 Å². The molecule has 0 saturated carbocycles. The van der Waals surface area contributed by atoms with E-state index in [-0.39, 0.29) is 41.4 Å². The third kappa shape index (κ3) is 3.24. The number of anilines is 1. The second-order valence-electron chi connectivity index (χ2n) is 4.96. The van der Waals surface area contributed by atoms with Crippen LogP contribution in [0.4, 0.5) is 5.69 Å². The minimum absolute atomic E-state index is 0.0675. The number of allylic oxidation sites excluding steroid dienone is 1. The van der Waals surface area contributed by atoms with E-state index in [2.05, 4.69) is 0 Å². The third-order valence-corrected chi connectivity index (χ3v) is 3.97. The molecule has 1 aromatic carbocycles. The fourth-order valence-electron chi connectivity index (χ4n) is 2.14. The van der Waals surface area contributed by atoms with Gasteiger partial charge in [-0.1, -0.05) is 28.8 Å². The minimum atomic E-state index is -0.363. The first-order valence-electron chi connectivity index (χ1n) is 6.58. The van der Waals surface area contributed by atoms with Crippen LogP contribution in [0.3, 0.4) is 0 Å². The fourth-order valence-corrected chi connectivity index (χ4v) is 2.74. The van der Waals surface area contributed by atoms with Gasteiger partial charge in [0.1, 0.15) is 12.4 Å². The van der Waals surface area contributed by atoms with Gasteiger partial charge in [-0.2, -0.15) is 0 Å². The van der Waals surface area contributed by atoms with Gasteiger partial charge in [0.2, 0.25) is 5.91 Å². The van der Waals surface area contributed by atoms with Gasteiger partial charge < -0.3 is 4.74 Å². The van der Waals surface area contributed by atoms with Crippen LogP contribution in [0.25, 0.3) is 0 Å². The van der Waals surface area contributed by atoms with Crippen molar-refractivity contribution in [1.29, 1.82) is 0 Å². The van der Waals surface area contributed by atoms with Crippen LogP contribution in [0.15, 0.2) is 23.3 Å². The zero-order valence-corrected chi connectivity index (χ0v) is 14.3. The van der Waals surface area contributed by atoms with Gasteiger partial charge in [-0.25, -0.2) is 4.90 Å². The SMILES string of the molecule is CC(C)=C1CC(=O)N(c2cc(OCCCl)c(Cl)cc2Cl)C1=O. The predicted octanol–water partition coefficient (Wildman–Crippen LogP) is 4.21. The molecule has 0 bridgehead atoms. The molecule has 1 heterocycles. The van der Waals surface area contributed by atoms with Crippen LogP contribution < -0.4 is 9.64 Å². The van der Waals surface area contributed by atoms with E-state index in [4.69, 9.17) is 39.5 Å². The standard InChI is InChI=1S/C15H14Cl3NO3/c1-8(2)9-5-14(20)19(15(9)21)12-7-13(22-4-3-16)11(18)6-10(12)17/h6-7H,3-5H2,1-2H3. The lowest BCUT2D eigenvalue weighted by molar-refractivity contribution is -0.120. The highest BCUT2D eigenvalue weighted by Gasteiger charge is 2.37. The molecule has 4 nitrogen and oxygen atoms in total. The lowest BCUT2D eigenvalue weighted by atomic mass is 10.1. The summed E-state index contributed by atoms with van der Waals surface area (Å²) >= 11 is 17.8. The number of hydrogen-bond acceptors (Lipinski definition) is 3. The molecule has 0 aliphatic carbocycles. The van der Waals surface area contributed by atoms with Crippen molar-refractivity contribution >= 4 is 52.3 Å². The van der Waals surface area contributed by atoms with Crippen molar-refractivity contribution in [3.63, 3.8) is 0 Å². The molecular weight excluding hydrogens is 349 g/mol. The second-order valence-corrected chi connectivity index (χ2v) is 6.15. The summed E-state index contributed by atoms with van der Waals surface area (Å²) in [4.78, 5) is 25.7. The number of imide groups is 1. The topological polar surface area (TPSA) is 46.6 Å². The molecule has 7 heteroatoms. The molecule has 1 aliphatic rings. The van der Waals surface area contributed by atoms with Crippen molar-refractivity contribution in [3.05, 3.63) is 33.3 Å². The highest BCUT2D eigenvalue weighted by molar-refractivity contribution is 6.39. The van der Waals surface area contributed by atoms with Gasteiger partial charge in [0.05, 0.1) is 28.0 Å². The van der Waals surface area contributed by atoms with Gasteiger partial charge in [0.25, 0.3) is 5.91 Å². The second kappa shape index (κ2) is 6.90. The minimum Gasteiger partial charge on any atom is -0.491 e. The lowest BCUT2D eigenvalue weighted by Crippen LogP contribution is -2.29. The number of nitrogens with zero attached hydrogens (tertiary/aromatic N) is 1. The molecule has 0 spiro atoms. The lowest BCUT2D eigenvalue weighted by Gasteiger charge is -2.17. The van der Waals surface area contributed by atoms with Crippen molar-refractivity contribution in [2.45, 2.75) is 20.3 Å². The Kier molecular flexibility index (Phi) is 5.37. The molecule has 0 unspecified atom stereocenters. The van der Waals surface area contributed by atoms with Crippen LogP contribution in [0, 0.1) is 0 Å². The number of carbonyl (C=O) groups excluding carboxylic acids is 2. The molecule has 0 N–H and O–H groups in total. The largest absolute Gasteiger partial charge is 0.491 e. The van der Waals surface area contributed by atoms with Crippen LogP contribution in [-0.2, 0) is 9.59 Å². The molecule has 0 aromatic heterocycles. The van der Waals surface area contributed by atoms with Gasteiger partial charge in [0.15, 0.2) is 0 Å². The zero-order chi connectivity index (χ0) is 16.4. The van der Waals surface area contributed by atoms with Crippen molar-refractivity contribution in [2.75, 3.05) is 17.4 Å². The molecule has 1 aromatic rings. The first-order chi connectivity index (χ1) is 10.4. The van der Waals surface area contributed by atoms with Crippen molar-refractivity contribution in [2.24, 2.45) is 0 Å². The van der Waals surface area contributed by atoms with E-state index in [0.717, 1.165) is 10.5 Å². The van der Waals surface area contributed by atoms with Crippen LogP contribution in [0.5, 0.6) is 5.75 Å². The quantitative estimate of drug-likeness (QED) is 0.458. The van der Waals surface area contributed by atoms with Crippen molar-refractivity contribution in [1.82, 2.24) is 0 Å². The zero-order valence-electron chi connectivity index (χ0n) is 12.1. The molecule has 0 radical (unpaired) electrons. The number of benzene rings is 1. The highest BCUT2D eigenvalue weighted by Crippen LogP contribution is 2.39. The van der Waals surface area contributed by atoms with E-state index < -0.39 is 0 Å². The normalized spacial score (nSPS) is 14.8. The summed E-state index contributed by atoms with van der Waals surface area (Å²) < 4.78 is 5.40. The molecule has 2 rings (SSSR count). The number of rotatable bonds is 4. The summed E-state index contributed by atoms with van der Waals surface area (Å²) in [6, 6.07) is 2.93. The average molecular weight is 363 g/mol. The Hall–Kier alpha value is -1.23. The molecule has 1 saturated heterocycles. The number of alkyl halides is 1. The van der Waals surface area contributed by atoms with E-state index in [1.807, 2.05) is 0 Å². The monoisotopic (exact) mass is 361 g/mol. The first kappa shape index (κ1) is 17.1. The maximum absolute atomic E-state index is 12.4. The van der Waals surface area contributed by atoms with E-state index in [1.54, 1.807) is 13.8 Å². The number of carbonyl (C=O) groups is 2. The van der Waals surface area contributed by atoms with Gasteiger partial charge in [-0.3, -0.25) is 9.59 Å². The summed E-state index contributed by atoms with van der Waals surface area (Å²) in [6.45, 7) is 3.84. The van der Waals surface area contributed by atoms with Crippen LogP contribution >= 0.6 is 34.8 Å². The Bertz CT molecular complexity index is 666. The molecule has 118 valence electrons. The maximum atomic E-state index is 12.4. The highest BCUT2D eigenvalue weighted by atomic mass is 35.5. The molecule has 1 fully saturated rings. The number of amides is 2. The van der Waals surface area contributed by atoms with Crippen molar-refractivity contribution < 1.29 is 14.3 Å². The number of ether oxygens (including phenoxy) is 1. The summed E-state index contributed by atoms with van der Waals surface area (Å²) in [5.74, 6) is -0.0724. The Morgan fingerprint density at radius 2 is 1.91 bits per heavy atom. The molecule has 2 amide bonds. The summed E-state index contributed by atoms with van der Waals surface area (Å²) in [6.07, 6.45) is 0.0675. The van der Waals surface area contributed by atoms with E-state index >= 15 is 0 Å². The Morgan fingerprint density at radius 3 is 2.45 bits per heavy atom. The van der Waals surface area contributed by atoms with Crippen LogP contribution in [0.2, 0.25) is 10.0 Å². The Labute approximate surface area is 143 Å². The third-order valence-electron chi connectivity index (χ3n) is 3.22. The van der Waals surface area contributed by atoms with Gasteiger partial charge in [-0.15, -0.1) is 11.6 Å². The fraction of sp³-hybridized carbons (Fsp3) is 0.333. The van der Waals surface area contributed by atoms with Gasteiger partial charge in [-0.05, 0) is 19.9 Å². The van der Waals surface area contributed by atoms with Crippen LogP contribution in [0.1, 0.15) is 20.3 Å². The van der Waals surface area contributed by atoms with E-state index in [0.29, 0.717) is 16.3 Å². The smallest absolute Gasteiger partial charge is 0.261 e. The Balaban J connectivity index is 2.46. The van der Waals surface area contributed by atoms with Gasteiger partial charge >= 0.3 is 0 Å². The first-order valence-corrected chi connectivity index (χ1v) is 7.87. The van der Waals surface area contributed by atoms with Crippen molar-refractivity contribution in [3.8, 4) is 5.75 Å². The number of halogens is 3.